The topological polar surface area (TPSA) is 42.8 Å². The third-order valence-electron chi connectivity index (χ3n) is 16.8. The lowest BCUT2D eigenvalue weighted by molar-refractivity contribution is 0.483. The molecule has 3 heterocycles. The van der Waals surface area contributed by atoms with Crippen molar-refractivity contribution in [1.82, 2.24) is 9.55 Å². The van der Waals surface area contributed by atoms with E-state index in [1.807, 2.05) is 111 Å². The highest BCUT2D eigenvalue weighted by Gasteiger charge is 2.33. The van der Waals surface area contributed by atoms with Gasteiger partial charge in [-0.2, -0.15) is 0 Å². The minimum Gasteiger partial charge on any atom is -0.457 e. The Morgan fingerprint density at radius 1 is 0.386 bits per heavy atom. The molecular formula is C82H78N4O2. The van der Waals surface area contributed by atoms with Crippen molar-refractivity contribution in [3.8, 4) is 73.3 Å². The fraction of sp³-hybridized carbons (Fsp3) is 0.207. The second kappa shape index (κ2) is 22.3. The largest absolute Gasteiger partial charge is 0.457 e. The smallest absolute Gasteiger partial charge is 0.143 e. The number of pyridine rings is 1. The molecule has 88 heavy (non-hydrogen) atoms. The third kappa shape index (κ3) is 11.1. The van der Waals surface area contributed by atoms with Gasteiger partial charge in [-0.15, -0.1) is 0 Å². The average Bonchev–Trinajstić information content (AvgIpc) is 1.33. The van der Waals surface area contributed by atoms with Crippen LogP contribution in [0, 0.1) is 0 Å². The lowest BCUT2D eigenvalue weighted by atomic mass is 9.81. The van der Waals surface area contributed by atoms with Gasteiger partial charge >= 0.3 is 0 Å². The van der Waals surface area contributed by atoms with E-state index in [1.165, 1.54) is 16.7 Å². The predicted molar refractivity (Wildman–Crippen MR) is 370 cm³/mol. The number of ether oxygens (including phenoxy) is 2. The molecule has 438 valence electrons. The number of hydrogen-bond acceptors (Lipinski definition) is 5. The van der Waals surface area contributed by atoms with E-state index in [1.54, 1.807) is 18.3 Å². The Morgan fingerprint density at radius 3 is 1.43 bits per heavy atom. The molecule has 0 saturated carbocycles. The Balaban J connectivity index is 0.903. The van der Waals surface area contributed by atoms with Gasteiger partial charge in [0.1, 0.15) is 35.5 Å². The Bertz CT molecular complexity index is 4960. The normalized spacial score (nSPS) is 14.5. The molecule has 10 aromatic carbocycles. The van der Waals surface area contributed by atoms with E-state index in [9.17, 15) is 5.48 Å². The monoisotopic (exact) mass is 1160 g/mol. The highest BCUT2D eigenvalue weighted by atomic mass is 16.5. The lowest BCUT2D eigenvalue weighted by Gasteiger charge is -2.30. The van der Waals surface area contributed by atoms with Crippen LogP contribution < -0.4 is 19.3 Å². The predicted octanol–water partition coefficient (Wildman–Crippen LogP) is 22.9. The number of rotatable bonds is 11. The SMILES string of the molecule is [2H]c1c([2H])c([2H])c(-c2cc(C(C)(C)C)cc(-c3c([2H])c([2H])c([2H])c([2H])c3[2H])c2N2CN(c3cccc(Oc4ccc5c6ccccc6n(-c6cc(Oc7c(-c8ccc(C(C)(C)C)cc8)cc(C(C)(C)C)cc7-c7ccc(C(C)(C)C)cc7)ccn6)c5c4)c3)c3ccccc32)c([2H])c1[2H]. The zero-order chi connectivity index (χ0) is 70.0. The van der Waals surface area contributed by atoms with Gasteiger partial charge in [-0.3, -0.25) is 4.57 Å². The lowest BCUT2D eigenvalue weighted by Crippen LogP contribution is -2.25. The summed E-state index contributed by atoms with van der Waals surface area (Å²) in [6, 6.07) is 54.4. The van der Waals surface area contributed by atoms with E-state index < -0.39 is 65.8 Å². The van der Waals surface area contributed by atoms with E-state index in [0.717, 1.165) is 61.2 Å². The second-order valence-electron chi connectivity index (χ2n) is 27.0. The summed E-state index contributed by atoms with van der Waals surface area (Å²) >= 11 is 0. The van der Waals surface area contributed by atoms with Gasteiger partial charge in [0.25, 0.3) is 0 Å². The summed E-state index contributed by atoms with van der Waals surface area (Å²) < 4.78 is 106. The molecule has 2 aromatic heterocycles. The van der Waals surface area contributed by atoms with Gasteiger partial charge < -0.3 is 19.3 Å². The summed E-state index contributed by atoms with van der Waals surface area (Å²) in [5.41, 5.74) is 12.0. The van der Waals surface area contributed by atoms with Gasteiger partial charge in [0.2, 0.25) is 0 Å². The molecule has 13 rings (SSSR count). The fourth-order valence-electron chi connectivity index (χ4n) is 11.9. The van der Waals surface area contributed by atoms with Crippen LogP contribution in [0.15, 0.2) is 243 Å². The summed E-state index contributed by atoms with van der Waals surface area (Å²) in [6.07, 6.45) is 1.79. The maximum atomic E-state index is 9.37. The molecule has 0 radical (unpaired) electrons. The van der Waals surface area contributed by atoms with Crippen molar-refractivity contribution in [2.24, 2.45) is 0 Å². The Labute approximate surface area is 534 Å². The first-order valence-electron chi connectivity index (χ1n) is 35.1. The van der Waals surface area contributed by atoms with E-state index in [0.29, 0.717) is 40.0 Å². The van der Waals surface area contributed by atoms with Gasteiger partial charge in [-0.05, 0) is 139 Å². The van der Waals surface area contributed by atoms with Crippen molar-refractivity contribution in [2.45, 2.75) is 105 Å². The molecule has 0 unspecified atom stereocenters. The van der Waals surface area contributed by atoms with E-state index in [4.69, 9.17) is 22.7 Å². The van der Waals surface area contributed by atoms with Gasteiger partial charge in [0.05, 0.1) is 41.8 Å². The molecule has 0 fully saturated rings. The minimum atomic E-state index is -0.632. The van der Waals surface area contributed by atoms with Crippen LogP contribution in [0.3, 0.4) is 0 Å². The molecule has 1 aliphatic rings. The summed E-state index contributed by atoms with van der Waals surface area (Å²) in [6.45, 7) is 26.1. The van der Waals surface area contributed by atoms with Crippen LogP contribution in [0.5, 0.6) is 23.0 Å². The Morgan fingerprint density at radius 2 is 0.875 bits per heavy atom. The Kier molecular flexibility index (Phi) is 11.8. The van der Waals surface area contributed by atoms with Gasteiger partial charge in [-0.1, -0.05) is 228 Å². The van der Waals surface area contributed by atoms with Crippen molar-refractivity contribution in [1.29, 1.82) is 0 Å². The zero-order valence-corrected chi connectivity index (χ0v) is 52.1. The van der Waals surface area contributed by atoms with Crippen molar-refractivity contribution < 1.29 is 23.2 Å². The molecule has 0 atom stereocenters. The summed E-state index contributed by atoms with van der Waals surface area (Å²) in [5.74, 6) is 3.06. The summed E-state index contributed by atoms with van der Waals surface area (Å²) in [7, 11) is 0. The van der Waals surface area contributed by atoms with Crippen LogP contribution in [-0.4, -0.2) is 16.2 Å². The zero-order valence-electron chi connectivity index (χ0n) is 62.1. The molecule has 0 aliphatic carbocycles. The summed E-state index contributed by atoms with van der Waals surface area (Å²) in [4.78, 5) is 9.05. The van der Waals surface area contributed by atoms with E-state index in [2.05, 4.69) is 151 Å². The molecule has 1 aliphatic heterocycles. The first kappa shape index (κ1) is 46.6. The number of anilines is 4. The molecule has 0 spiro atoms. The number of fused-ring (bicyclic) bond motifs is 4. The van der Waals surface area contributed by atoms with Gasteiger partial charge in [0.15, 0.2) is 0 Å². The standard InChI is InChI=1S/C82H78N4O2/c1-79(2,3)58-38-34-56(35-39-58)70-48-61(82(10,11)12)49-71(57-36-40-59(41-37-57)80(4,5)6)78(70)88-65-44-45-83-76(52-65)86-72-31-20-19-30-66(72)67-43-42-64(51-75(67)86)87-63-29-23-28-62(50-63)84-53-85(74-33-22-21-32-73(74)84)77-68(54-24-15-13-16-25-54)46-60(81(7,8)9)47-69(77)55-26-17-14-18-27-55/h13-52H,53H2,1-12H3/i13D,14D,15D,16D,17D,18D,24D,25D,26D,27D. The molecule has 12 aromatic rings. The Hall–Kier alpha value is -9.65. The fourth-order valence-corrected chi connectivity index (χ4v) is 11.9. The van der Waals surface area contributed by atoms with Crippen LogP contribution in [0.1, 0.15) is 119 Å². The van der Waals surface area contributed by atoms with Crippen LogP contribution in [0.2, 0.25) is 0 Å². The van der Waals surface area contributed by atoms with Crippen molar-refractivity contribution in [3.05, 3.63) is 265 Å². The number of nitrogens with zero attached hydrogens (tertiary/aromatic N) is 4. The van der Waals surface area contributed by atoms with Gasteiger partial charge in [0, 0.05) is 63.1 Å². The number of para-hydroxylation sites is 3. The molecule has 0 bridgehead atoms. The molecule has 6 heteroatoms. The number of hydrogen-bond donors (Lipinski definition) is 0. The maximum absolute atomic E-state index is 9.37. The molecule has 0 saturated heterocycles. The van der Waals surface area contributed by atoms with Crippen LogP contribution in [0.25, 0.3) is 72.1 Å². The quantitative estimate of drug-likeness (QED) is 0.129. The van der Waals surface area contributed by atoms with E-state index in [-0.39, 0.29) is 45.2 Å². The van der Waals surface area contributed by atoms with E-state index >= 15 is 0 Å². The third-order valence-corrected chi connectivity index (χ3v) is 16.8. The van der Waals surface area contributed by atoms with Crippen molar-refractivity contribution in [3.63, 3.8) is 0 Å². The molecular weight excluding hydrogens is 1070 g/mol. The van der Waals surface area contributed by atoms with Crippen molar-refractivity contribution in [2.75, 3.05) is 16.5 Å². The molecule has 0 N–H and O–H groups in total. The van der Waals surface area contributed by atoms with Crippen molar-refractivity contribution >= 4 is 44.6 Å². The summed E-state index contributed by atoms with van der Waals surface area (Å²) in [5, 5.41) is 2.02. The number of aromatic nitrogens is 2. The first-order chi connectivity index (χ1) is 46.3. The minimum absolute atomic E-state index is 0.0330. The van der Waals surface area contributed by atoms with Crippen LogP contribution >= 0.6 is 0 Å². The average molecular weight is 1160 g/mol. The van der Waals surface area contributed by atoms with Gasteiger partial charge in [-0.25, -0.2) is 4.98 Å². The van der Waals surface area contributed by atoms with Crippen LogP contribution in [0.4, 0.5) is 22.7 Å². The first-order valence-corrected chi connectivity index (χ1v) is 30.1. The molecule has 6 nitrogen and oxygen atoms in total. The second-order valence-corrected chi connectivity index (χ2v) is 27.0. The number of benzene rings is 10. The highest BCUT2D eigenvalue weighted by Crippen LogP contribution is 2.52. The molecule has 0 amide bonds. The highest BCUT2D eigenvalue weighted by molar-refractivity contribution is 6.09. The maximum Gasteiger partial charge on any atom is 0.143 e. The van der Waals surface area contributed by atoms with Crippen LogP contribution in [-0.2, 0) is 21.7 Å².